The van der Waals surface area contributed by atoms with Gasteiger partial charge in [-0.2, -0.15) is 0 Å². The van der Waals surface area contributed by atoms with Gasteiger partial charge in [0.1, 0.15) is 5.54 Å². The second kappa shape index (κ2) is 6.27. The Bertz CT molecular complexity index is 1300. The lowest BCUT2D eigenvalue weighted by atomic mass is 9.75. The molecule has 9 heteroatoms. The number of nitrogens with zero attached hydrogens (tertiary/aromatic N) is 2. The number of fused-ring (bicyclic) bond motifs is 8. The van der Waals surface area contributed by atoms with Crippen molar-refractivity contribution < 1.29 is 23.9 Å². The predicted molar refractivity (Wildman–Crippen MR) is 118 cm³/mol. The number of carbonyl (C=O) groups excluding carboxylic acids is 3. The first-order valence-electron chi connectivity index (χ1n) is 11.1. The Morgan fingerprint density at radius 1 is 1.09 bits per heavy atom. The van der Waals surface area contributed by atoms with Gasteiger partial charge in [0.25, 0.3) is 0 Å². The van der Waals surface area contributed by atoms with Crippen LogP contribution >= 0.6 is 11.6 Å². The average molecular weight is 466 g/mol. The summed E-state index contributed by atoms with van der Waals surface area (Å²) in [4.78, 5) is 44.8. The number of benzene rings is 2. The molecule has 5 aliphatic rings. The van der Waals surface area contributed by atoms with Crippen molar-refractivity contribution >= 4 is 40.7 Å². The molecule has 4 unspecified atom stereocenters. The van der Waals surface area contributed by atoms with Gasteiger partial charge in [-0.3, -0.25) is 19.3 Å². The van der Waals surface area contributed by atoms with E-state index >= 15 is 0 Å². The van der Waals surface area contributed by atoms with Gasteiger partial charge < -0.3 is 14.8 Å². The fourth-order valence-electron chi connectivity index (χ4n) is 6.67. The molecule has 1 spiro atoms. The predicted octanol–water partition coefficient (Wildman–Crippen LogP) is 2.81. The molecule has 0 aliphatic carbocycles. The van der Waals surface area contributed by atoms with Crippen molar-refractivity contribution in [2.45, 2.75) is 31.3 Å². The van der Waals surface area contributed by atoms with Gasteiger partial charge in [-0.25, -0.2) is 4.90 Å². The highest BCUT2D eigenvalue weighted by atomic mass is 35.5. The molecule has 0 radical (unpaired) electrons. The zero-order valence-corrected chi connectivity index (χ0v) is 18.5. The first-order chi connectivity index (χ1) is 15.9. The molecule has 3 amide bonds. The molecule has 3 saturated heterocycles. The Morgan fingerprint density at radius 2 is 1.91 bits per heavy atom. The van der Waals surface area contributed by atoms with Crippen molar-refractivity contribution in [1.82, 2.24) is 4.90 Å². The molecular formula is C24H20ClN3O5. The van der Waals surface area contributed by atoms with E-state index in [2.05, 4.69) is 10.2 Å². The Morgan fingerprint density at radius 3 is 2.76 bits per heavy atom. The number of imide groups is 1. The van der Waals surface area contributed by atoms with Gasteiger partial charge in [0.2, 0.25) is 24.5 Å². The summed E-state index contributed by atoms with van der Waals surface area (Å²) in [5.41, 5.74) is 1.38. The van der Waals surface area contributed by atoms with Crippen LogP contribution in [0, 0.1) is 18.8 Å². The Labute approximate surface area is 194 Å². The molecule has 0 aromatic heterocycles. The third kappa shape index (κ3) is 2.14. The SMILES string of the molecule is Cc1c(Cl)ccc2c1NC(=O)C21C2C(=O)N(c3ccc4c(c3)OCO4)C(=O)C2C2CCCN21. The van der Waals surface area contributed by atoms with Gasteiger partial charge in [0.05, 0.1) is 23.2 Å². The van der Waals surface area contributed by atoms with Crippen molar-refractivity contribution in [3.05, 3.63) is 46.5 Å². The number of ether oxygens (including phenoxy) is 2. The van der Waals surface area contributed by atoms with Crippen LogP contribution in [0.1, 0.15) is 24.0 Å². The molecule has 2 aromatic rings. The number of rotatable bonds is 1. The number of halogens is 1. The van der Waals surface area contributed by atoms with Crippen molar-refractivity contribution in [2.75, 3.05) is 23.6 Å². The van der Waals surface area contributed by atoms with E-state index < -0.39 is 17.4 Å². The molecule has 4 atom stereocenters. The van der Waals surface area contributed by atoms with Crippen LogP contribution in [0.15, 0.2) is 30.3 Å². The molecule has 8 nitrogen and oxygen atoms in total. The van der Waals surface area contributed by atoms with E-state index in [1.165, 1.54) is 4.90 Å². The summed E-state index contributed by atoms with van der Waals surface area (Å²) in [5.74, 6) is -1.18. The van der Waals surface area contributed by atoms with Crippen LogP contribution in [-0.4, -0.2) is 42.0 Å². The molecule has 0 saturated carbocycles. The zero-order valence-electron chi connectivity index (χ0n) is 17.8. The minimum atomic E-state index is -1.21. The van der Waals surface area contributed by atoms with E-state index in [1.807, 2.05) is 13.0 Å². The lowest BCUT2D eigenvalue weighted by Crippen LogP contribution is -2.54. The number of amides is 3. The summed E-state index contributed by atoms with van der Waals surface area (Å²) < 4.78 is 10.8. The van der Waals surface area contributed by atoms with Crippen LogP contribution in [0.4, 0.5) is 11.4 Å². The molecule has 33 heavy (non-hydrogen) atoms. The van der Waals surface area contributed by atoms with E-state index in [1.54, 1.807) is 24.3 Å². The summed E-state index contributed by atoms with van der Waals surface area (Å²) >= 11 is 6.34. The van der Waals surface area contributed by atoms with Gasteiger partial charge in [-0.05, 0) is 50.1 Å². The van der Waals surface area contributed by atoms with E-state index in [-0.39, 0.29) is 30.6 Å². The third-order valence-electron chi connectivity index (χ3n) is 7.98. The molecule has 1 N–H and O–H groups in total. The van der Waals surface area contributed by atoms with E-state index in [0.717, 1.165) is 24.0 Å². The molecule has 3 fully saturated rings. The van der Waals surface area contributed by atoms with Crippen LogP contribution in [0.25, 0.3) is 0 Å². The van der Waals surface area contributed by atoms with Gasteiger partial charge in [0, 0.05) is 22.7 Å². The van der Waals surface area contributed by atoms with Gasteiger partial charge in [-0.15, -0.1) is 0 Å². The lowest BCUT2D eigenvalue weighted by molar-refractivity contribution is -0.135. The van der Waals surface area contributed by atoms with Crippen molar-refractivity contribution in [3.8, 4) is 11.5 Å². The van der Waals surface area contributed by atoms with Crippen LogP contribution in [0.3, 0.4) is 0 Å². The number of anilines is 2. The summed E-state index contributed by atoms with van der Waals surface area (Å²) in [6, 6.07) is 8.49. The monoisotopic (exact) mass is 465 g/mol. The van der Waals surface area contributed by atoms with Crippen molar-refractivity contribution in [2.24, 2.45) is 11.8 Å². The number of nitrogens with one attached hydrogen (secondary N) is 1. The maximum Gasteiger partial charge on any atom is 0.250 e. The van der Waals surface area contributed by atoms with E-state index in [9.17, 15) is 14.4 Å². The molecule has 2 aromatic carbocycles. The lowest BCUT2D eigenvalue weighted by Gasteiger charge is -2.36. The maximum absolute atomic E-state index is 14.0. The first-order valence-corrected chi connectivity index (χ1v) is 11.5. The summed E-state index contributed by atoms with van der Waals surface area (Å²) in [6.07, 6.45) is 1.64. The quantitative estimate of drug-likeness (QED) is 0.652. The largest absolute Gasteiger partial charge is 0.454 e. The van der Waals surface area contributed by atoms with Crippen molar-refractivity contribution in [1.29, 1.82) is 0 Å². The molecule has 0 bridgehead atoms. The van der Waals surface area contributed by atoms with Crippen LogP contribution < -0.4 is 19.7 Å². The number of hydrogen-bond acceptors (Lipinski definition) is 6. The van der Waals surface area contributed by atoms with Gasteiger partial charge in [0.15, 0.2) is 11.5 Å². The topological polar surface area (TPSA) is 88.2 Å². The summed E-state index contributed by atoms with van der Waals surface area (Å²) in [5, 5.41) is 3.56. The standard InChI is InChI=1S/C24H20ClN3O5/c1-11-14(25)6-5-13-20(11)26-23(31)24(13)19-18(15-3-2-8-27(15)24)21(29)28(22(19)30)12-4-7-16-17(9-12)33-10-32-16/h4-7,9,15,18-19H,2-3,8,10H2,1H3,(H,26,31). The Hall–Kier alpha value is -3.10. The molecule has 7 rings (SSSR count). The second-order valence-electron chi connectivity index (χ2n) is 9.27. The fraction of sp³-hybridized carbons (Fsp3) is 0.375. The van der Waals surface area contributed by atoms with Gasteiger partial charge in [-0.1, -0.05) is 17.7 Å². The highest BCUT2D eigenvalue weighted by Gasteiger charge is 2.74. The van der Waals surface area contributed by atoms with Crippen LogP contribution in [0.2, 0.25) is 5.02 Å². The van der Waals surface area contributed by atoms with Crippen LogP contribution in [-0.2, 0) is 19.9 Å². The molecule has 5 aliphatic heterocycles. The van der Waals surface area contributed by atoms with Crippen LogP contribution in [0.5, 0.6) is 11.5 Å². The van der Waals surface area contributed by atoms with Gasteiger partial charge >= 0.3 is 0 Å². The molecule has 168 valence electrons. The number of hydrogen-bond donors (Lipinski definition) is 1. The van der Waals surface area contributed by atoms with E-state index in [0.29, 0.717) is 34.4 Å². The third-order valence-corrected chi connectivity index (χ3v) is 8.39. The minimum Gasteiger partial charge on any atom is -0.454 e. The summed E-state index contributed by atoms with van der Waals surface area (Å²) in [6.45, 7) is 2.62. The molecule has 5 heterocycles. The van der Waals surface area contributed by atoms with Crippen molar-refractivity contribution in [3.63, 3.8) is 0 Å². The normalized spacial score (nSPS) is 31.4. The highest BCUT2D eigenvalue weighted by molar-refractivity contribution is 6.32. The average Bonchev–Trinajstić information content (AvgIpc) is 3.57. The first kappa shape index (κ1) is 19.4. The highest BCUT2D eigenvalue weighted by Crippen LogP contribution is 2.61. The second-order valence-corrected chi connectivity index (χ2v) is 9.68. The minimum absolute atomic E-state index is 0.102. The van der Waals surface area contributed by atoms with E-state index in [4.69, 9.17) is 21.1 Å². The number of carbonyl (C=O) groups is 3. The maximum atomic E-state index is 14.0. The fourth-order valence-corrected chi connectivity index (χ4v) is 6.83. The summed E-state index contributed by atoms with van der Waals surface area (Å²) in [7, 11) is 0. The molecular weight excluding hydrogens is 446 g/mol. The zero-order chi connectivity index (χ0) is 22.6. The Balaban J connectivity index is 1.41. The smallest absolute Gasteiger partial charge is 0.250 e. The Kier molecular flexibility index (Phi) is 3.68.